The van der Waals surface area contributed by atoms with E-state index in [1.54, 1.807) is 0 Å². The fourth-order valence-corrected chi connectivity index (χ4v) is 8.63. The van der Waals surface area contributed by atoms with Gasteiger partial charge in [-0.2, -0.15) is 0 Å². The molecular formula is C50H91O13P. The summed E-state index contributed by atoms with van der Waals surface area (Å²) in [5, 5.41) is 50.2. The highest BCUT2D eigenvalue weighted by Crippen LogP contribution is 2.47. The molecule has 0 aromatic heterocycles. The molecule has 0 spiro atoms. The SMILES string of the molecule is CCCCCCCC/C=C/C/C=C/C/C=C/CCCC(=O)OC[C@H](COP(=O)(O)OC1C(O)C(O)C(O)[C@H](O)C1O)OC(=O)CCCCCCCCCCCCCCCCCCCC. The molecule has 13 nitrogen and oxygen atoms in total. The summed E-state index contributed by atoms with van der Waals surface area (Å²) in [5.41, 5.74) is 0. The van der Waals surface area contributed by atoms with Crippen LogP contribution in [0.4, 0.5) is 0 Å². The number of aliphatic hydroxyl groups excluding tert-OH is 5. The molecule has 1 fully saturated rings. The zero-order valence-corrected chi connectivity index (χ0v) is 40.7. The van der Waals surface area contributed by atoms with Crippen molar-refractivity contribution in [3.63, 3.8) is 0 Å². The molecular weight excluding hydrogens is 840 g/mol. The number of phosphoric acid groups is 1. The maximum atomic E-state index is 12.8. The first kappa shape index (κ1) is 60.1. The lowest BCUT2D eigenvalue weighted by Gasteiger charge is -2.41. The third-order valence-electron chi connectivity index (χ3n) is 11.7. The van der Waals surface area contributed by atoms with Crippen molar-refractivity contribution in [3.05, 3.63) is 36.5 Å². The number of phosphoric ester groups is 1. The van der Waals surface area contributed by atoms with Crippen LogP contribution in [0.2, 0.25) is 0 Å². The van der Waals surface area contributed by atoms with E-state index in [-0.39, 0.29) is 12.8 Å². The molecule has 6 N–H and O–H groups in total. The second-order valence-electron chi connectivity index (χ2n) is 17.7. The van der Waals surface area contributed by atoms with Crippen molar-refractivity contribution in [2.45, 2.75) is 256 Å². The molecule has 1 aliphatic rings. The number of esters is 2. The summed E-state index contributed by atoms with van der Waals surface area (Å²) in [6, 6.07) is 0. The van der Waals surface area contributed by atoms with Crippen LogP contribution < -0.4 is 0 Å². The summed E-state index contributed by atoms with van der Waals surface area (Å²) >= 11 is 0. The summed E-state index contributed by atoms with van der Waals surface area (Å²) in [7, 11) is -5.13. The van der Waals surface area contributed by atoms with Gasteiger partial charge in [-0.3, -0.25) is 18.6 Å². The zero-order valence-electron chi connectivity index (χ0n) is 39.8. The molecule has 8 atom stereocenters. The van der Waals surface area contributed by atoms with E-state index < -0.39 is 75.7 Å². The number of ether oxygens (including phenoxy) is 2. The third-order valence-corrected chi connectivity index (χ3v) is 12.7. The van der Waals surface area contributed by atoms with E-state index >= 15 is 0 Å². The van der Waals surface area contributed by atoms with Crippen LogP contribution in [0, 0.1) is 0 Å². The van der Waals surface area contributed by atoms with Gasteiger partial charge in [-0.1, -0.05) is 192 Å². The van der Waals surface area contributed by atoms with Gasteiger partial charge >= 0.3 is 19.8 Å². The number of hydrogen-bond acceptors (Lipinski definition) is 12. The first-order valence-corrected chi connectivity index (χ1v) is 26.8. The minimum absolute atomic E-state index is 0.0898. The van der Waals surface area contributed by atoms with Crippen LogP contribution >= 0.6 is 7.82 Å². The second-order valence-corrected chi connectivity index (χ2v) is 19.1. The molecule has 14 heteroatoms. The minimum atomic E-state index is -5.13. The minimum Gasteiger partial charge on any atom is -0.462 e. The maximum Gasteiger partial charge on any atom is 0.472 e. The first-order valence-electron chi connectivity index (χ1n) is 25.3. The average molecular weight is 931 g/mol. The molecule has 1 rings (SSSR count). The average Bonchev–Trinajstić information content (AvgIpc) is 3.28. The second kappa shape index (κ2) is 40.2. The van der Waals surface area contributed by atoms with Crippen molar-refractivity contribution in [1.29, 1.82) is 0 Å². The number of carbonyl (C=O) groups excluding carboxylic acids is 2. The molecule has 6 unspecified atom stereocenters. The molecule has 0 heterocycles. The van der Waals surface area contributed by atoms with Crippen LogP contribution in [0.1, 0.15) is 213 Å². The molecule has 0 bridgehead atoms. The molecule has 0 aromatic rings. The van der Waals surface area contributed by atoms with E-state index in [1.807, 2.05) is 12.2 Å². The predicted molar refractivity (Wildman–Crippen MR) is 253 cm³/mol. The van der Waals surface area contributed by atoms with Gasteiger partial charge in [-0.15, -0.1) is 0 Å². The quantitative estimate of drug-likeness (QED) is 0.0146. The smallest absolute Gasteiger partial charge is 0.462 e. The first-order chi connectivity index (χ1) is 30.9. The Hall–Kier alpha value is -1.93. The fourth-order valence-electron chi connectivity index (χ4n) is 7.66. The summed E-state index contributed by atoms with van der Waals surface area (Å²) < 4.78 is 33.6. The van der Waals surface area contributed by atoms with Crippen molar-refractivity contribution >= 4 is 19.8 Å². The standard InChI is InChI=1S/C50H91O13P/c1-3-5-7-9-11-13-15-17-19-21-23-25-27-29-31-33-35-37-39-44(52)62-42(41-61-64(58,59)63-50-48(56)46(54)45(53)47(55)49(50)57)40-60-43(51)38-36-34-32-30-28-26-24-22-20-18-16-14-12-10-8-6-4-2/h18,20,24,26,30,32,42,45-50,53-57H,3-17,19,21-23,25,27-29,31,33-41H2,1-2H3,(H,58,59)/b20-18+,26-24+,32-30+/t42-,45?,46+,47?,48?,49?,50?/m1/s1. The fraction of sp³-hybridized carbons (Fsp3) is 0.840. The highest BCUT2D eigenvalue weighted by atomic mass is 31.2. The van der Waals surface area contributed by atoms with Crippen molar-refractivity contribution in [3.8, 4) is 0 Å². The maximum absolute atomic E-state index is 12.8. The van der Waals surface area contributed by atoms with Gasteiger partial charge in [0.2, 0.25) is 0 Å². The van der Waals surface area contributed by atoms with Crippen molar-refractivity contribution in [2.24, 2.45) is 0 Å². The highest BCUT2D eigenvalue weighted by molar-refractivity contribution is 7.47. The topological polar surface area (TPSA) is 210 Å². The Kier molecular flexibility index (Phi) is 37.7. The van der Waals surface area contributed by atoms with E-state index in [2.05, 4.69) is 38.2 Å². The van der Waals surface area contributed by atoms with Crippen LogP contribution in [0.15, 0.2) is 36.5 Å². The van der Waals surface area contributed by atoms with Crippen LogP contribution in [0.25, 0.3) is 0 Å². The molecule has 0 radical (unpaired) electrons. The Labute approximate surface area is 387 Å². The van der Waals surface area contributed by atoms with E-state index in [1.165, 1.54) is 122 Å². The van der Waals surface area contributed by atoms with Crippen molar-refractivity contribution in [2.75, 3.05) is 13.2 Å². The number of hydrogen-bond donors (Lipinski definition) is 6. The number of allylic oxidation sites excluding steroid dienone is 6. The van der Waals surface area contributed by atoms with Crippen LogP contribution in [-0.2, 0) is 32.7 Å². The van der Waals surface area contributed by atoms with Gasteiger partial charge in [-0.05, 0) is 44.9 Å². The Balaban J connectivity index is 2.44. The van der Waals surface area contributed by atoms with Gasteiger partial charge in [0.25, 0.3) is 0 Å². The molecule has 0 amide bonds. The van der Waals surface area contributed by atoms with Crippen molar-refractivity contribution < 1.29 is 63.1 Å². The summed E-state index contributed by atoms with van der Waals surface area (Å²) in [6.45, 7) is 3.28. The molecule has 0 aliphatic heterocycles. The van der Waals surface area contributed by atoms with Crippen LogP contribution in [0.5, 0.6) is 0 Å². The van der Waals surface area contributed by atoms with E-state index in [0.29, 0.717) is 19.3 Å². The summed E-state index contributed by atoms with van der Waals surface area (Å²) in [4.78, 5) is 35.8. The highest BCUT2D eigenvalue weighted by Gasteiger charge is 2.51. The van der Waals surface area contributed by atoms with Crippen LogP contribution in [0.3, 0.4) is 0 Å². The lowest BCUT2D eigenvalue weighted by Crippen LogP contribution is -2.64. The largest absolute Gasteiger partial charge is 0.472 e. The number of aliphatic hydroxyl groups is 5. The predicted octanol–water partition coefficient (Wildman–Crippen LogP) is 10.6. The van der Waals surface area contributed by atoms with Gasteiger partial charge < -0.3 is 39.9 Å². The van der Waals surface area contributed by atoms with E-state index in [9.17, 15) is 44.6 Å². The molecule has 64 heavy (non-hydrogen) atoms. The number of carbonyl (C=O) groups is 2. The van der Waals surface area contributed by atoms with Gasteiger partial charge in [0.1, 0.15) is 43.2 Å². The Morgan fingerprint density at radius 1 is 0.484 bits per heavy atom. The number of rotatable bonds is 42. The molecule has 0 saturated heterocycles. The van der Waals surface area contributed by atoms with E-state index in [0.717, 1.165) is 44.9 Å². The van der Waals surface area contributed by atoms with Gasteiger partial charge in [0.05, 0.1) is 6.61 Å². The lowest BCUT2D eigenvalue weighted by molar-refractivity contribution is -0.220. The Morgan fingerprint density at radius 3 is 1.33 bits per heavy atom. The molecule has 1 aliphatic carbocycles. The normalized spacial score (nSPS) is 21.8. The molecule has 0 aromatic carbocycles. The molecule has 1 saturated carbocycles. The Bertz CT molecular complexity index is 1260. The monoisotopic (exact) mass is 931 g/mol. The summed E-state index contributed by atoms with van der Waals surface area (Å²) in [5.74, 6) is -1.15. The van der Waals surface area contributed by atoms with Gasteiger partial charge in [0.15, 0.2) is 6.10 Å². The van der Waals surface area contributed by atoms with E-state index in [4.69, 9.17) is 18.5 Å². The zero-order chi connectivity index (χ0) is 47.1. The molecule has 374 valence electrons. The third kappa shape index (κ3) is 31.9. The summed E-state index contributed by atoms with van der Waals surface area (Å²) in [6.07, 6.45) is 33.4. The Morgan fingerprint density at radius 2 is 0.859 bits per heavy atom. The van der Waals surface area contributed by atoms with Gasteiger partial charge in [-0.25, -0.2) is 4.57 Å². The van der Waals surface area contributed by atoms with Crippen LogP contribution in [-0.4, -0.2) is 98.3 Å². The van der Waals surface area contributed by atoms with Crippen molar-refractivity contribution in [1.82, 2.24) is 0 Å². The number of unbranched alkanes of at least 4 members (excludes halogenated alkanes) is 24. The van der Waals surface area contributed by atoms with Gasteiger partial charge in [0, 0.05) is 12.8 Å². The lowest BCUT2D eigenvalue weighted by atomic mass is 9.85.